The standard InChI is InChI=1S/C8H6O2.H4N2/c9-8-7-4-2-1-3-6(7)5-10-8;1-2/h1-4H,5H2;1-2H2. The number of nitrogens with two attached hydrogens (primary N) is 2. The molecule has 2 rings (SSSR count). The minimum absolute atomic E-state index is 0.199. The summed E-state index contributed by atoms with van der Waals surface area (Å²) in [5, 5.41) is 0. The van der Waals surface area contributed by atoms with Gasteiger partial charge in [-0.15, -0.1) is 0 Å². The van der Waals surface area contributed by atoms with Crippen LogP contribution < -0.4 is 11.7 Å². The van der Waals surface area contributed by atoms with E-state index in [0.717, 1.165) is 5.56 Å². The van der Waals surface area contributed by atoms with Crippen molar-refractivity contribution < 1.29 is 9.53 Å². The van der Waals surface area contributed by atoms with Crippen LogP contribution >= 0.6 is 0 Å². The van der Waals surface area contributed by atoms with Crippen molar-refractivity contribution in [3.05, 3.63) is 35.4 Å². The van der Waals surface area contributed by atoms with Crippen LogP contribution in [0.3, 0.4) is 0 Å². The molecule has 0 aliphatic carbocycles. The van der Waals surface area contributed by atoms with E-state index in [9.17, 15) is 4.79 Å². The Kier molecular flexibility index (Phi) is 2.79. The Bertz CT molecular complexity index is 286. The van der Waals surface area contributed by atoms with Crippen LogP contribution in [0, 0.1) is 0 Å². The Hall–Kier alpha value is -1.39. The zero-order valence-electron chi connectivity index (χ0n) is 6.49. The Morgan fingerprint density at radius 2 is 1.92 bits per heavy atom. The summed E-state index contributed by atoms with van der Waals surface area (Å²) in [6.07, 6.45) is 0. The first-order chi connectivity index (χ1) is 5.88. The monoisotopic (exact) mass is 166 g/mol. The van der Waals surface area contributed by atoms with Gasteiger partial charge in [0, 0.05) is 5.56 Å². The van der Waals surface area contributed by atoms with Crippen LogP contribution in [0.4, 0.5) is 0 Å². The first kappa shape index (κ1) is 8.70. The van der Waals surface area contributed by atoms with E-state index in [0.29, 0.717) is 12.2 Å². The number of rotatable bonds is 0. The van der Waals surface area contributed by atoms with Gasteiger partial charge in [-0.05, 0) is 6.07 Å². The molecule has 0 radical (unpaired) electrons. The van der Waals surface area contributed by atoms with Gasteiger partial charge in [0.25, 0.3) is 0 Å². The van der Waals surface area contributed by atoms with Gasteiger partial charge in [0.05, 0.1) is 5.56 Å². The Labute approximate surface area is 70.1 Å². The van der Waals surface area contributed by atoms with Crippen LogP contribution in [0.5, 0.6) is 0 Å². The van der Waals surface area contributed by atoms with Crippen molar-refractivity contribution in [3.63, 3.8) is 0 Å². The van der Waals surface area contributed by atoms with Gasteiger partial charge in [-0.1, -0.05) is 18.2 Å². The fourth-order valence-corrected chi connectivity index (χ4v) is 1.07. The molecule has 12 heavy (non-hydrogen) atoms. The molecule has 1 aromatic carbocycles. The highest BCUT2D eigenvalue weighted by atomic mass is 16.5. The number of esters is 1. The van der Waals surface area contributed by atoms with E-state index in [1.54, 1.807) is 6.07 Å². The molecule has 1 heterocycles. The number of carbonyl (C=O) groups is 1. The molecule has 4 nitrogen and oxygen atoms in total. The predicted molar refractivity (Wildman–Crippen MR) is 43.9 cm³/mol. The molecular formula is C8H10N2O2. The number of benzene rings is 1. The van der Waals surface area contributed by atoms with E-state index in [-0.39, 0.29) is 5.97 Å². The number of hydrogen-bond donors (Lipinski definition) is 2. The molecule has 0 saturated carbocycles. The van der Waals surface area contributed by atoms with Gasteiger partial charge < -0.3 is 4.74 Å². The highest BCUT2D eigenvalue weighted by Crippen LogP contribution is 2.17. The number of hydrazine groups is 1. The lowest BCUT2D eigenvalue weighted by molar-refractivity contribution is 0.0535. The Morgan fingerprint density at radius 3 is 2.58 bits per heavy atom. The smallest absolute Gasteiger partial charge is 0.338 e. The second-order valence-electron chi connectivity index (χ2n) is 2.23. The Balaban J connectivity index is 0.000000336. The summed E-state index contributed by atoms with van der Waals surface area (Å²) >= 11 is 0. The first-order valence-corrected chi connectivity index (χ1v) is 3.46. The minimum atomic E-state index is -0.199. The molecule has 0 spiro atoms. The van der Waals surface area contributed by atoms with Gasteiger partial charge in [0.15, 0.2) is 0 Å². The molecule has 0 unspecified atom stereocenters. The molecule has 0 fully saturated rings. The summed E-state index contributed by atoms with van der Waals surface area (Å²) in [7, 11) is 0. The highest BCUT2D eigenvalue weighted by Gasteiger charge is 2.18. The van der Waals surface area contributed by atoms with E-state index in [1.165, 1.54) is 0 Å². The number of hydrogen-bond acceptors (Lipinski definition) is 4. The molecule has 4 N–H and O–H groups in total. The van der Waals surface area contributed by atoms with Gasteiger partial charge in [-0.3, -0.25) is 11.7 Å². The lowest BCUT2D eigenvalue weighted by Gasteiger charge is -1.87. The number of fused-ring (bicyclic) bond motifs is 1. The normalized spacial score (nSPS) is 12.7. The molecular weight excluding hydrogens is 156 g/mol. The predicted octanol–water partition coefficient (Wildman–Crippen LogP) is 0.176. The quantitative estimate of drug-likeness (QED) is 0.327. The van der Waals surface area contributed by atoms with E-state index < -0.39 is 0 Å². The first-order valence-electron chi connectivity index (χ1n) is 3.46. The fraction of sp³-hybridized carbons (Fsp3) is 0.125. The number of ether oxygens (including phenoxy) is 1. The van der Waals surface area contributed by atoms with Crippen molar-refractivity contribution in [1.82, 2.24) is 0 Å². The maximum Gasteiger partial charge on any atom is 0.338 e. The van der Waals surface area contributed by atoms with Gasteiger partial charge in [-0.2, -0.15) is 0 Å². The van der Waals surface area contributed by atoms with Gasteiger partial charge >= 0.3 is 5.97 Å². The zero-order chi connectivity index (χ0) is 8.97. The summed E-state index contributed by atoms with van der Waals surface area (Å²) in [6.45, 7) is 0.439. The molecule has 0 saturated heterocycles. The SMILES string of the molecule is NN.O=C1OCc2ccccc21. The molecule has 1 aromatic rings. The van der Waals surface area contributed by atoms with Gasteiger partial charge in [0.2, 0.25) is 0 Å². The Morgan fingerprint density at radius 1 is 1.25 bits per heavy atom. The average Bonchev–Trinajstić information content (AvgIpc) is 2.53. The zero-order valence-corrected chi connectivity index (χ0v) is 6.49. The molecule has 64 valence electrons. The molecule has 1 aliphatic rings. The lowest BCUT2D eigenvalue weighted by atomic mass is 10.1. The molecule has 1 aliphatic heterocycles. The van der Waals surface area contributed by atoms with Crippen molar-refractivity contribution in [1.29, 1.82) is 0 Å². The van der Waals surface area contributed by atoms with Crippen molar-refractivity contribution >= 4 is 5.97 Å². The second-order valence-corrected chi connectivity index (χ2v) is 2.23. The lowest BCUT2D eigenvalue weighted by Crippen LogP contribution is -2.02. The van der Waals surface area contributed by atoms with Gasteiger partial charge in [0.1, 0.15) is 6.61 Å². The molecule has 0 bridgehead atoms. The maximum atomic E-state index is 10.8. The molecule has 0 atom stereocenters. The molecule has 0 amide bonds. The largest absolute Gasteiger partial charge is 0.457 e. The third-order valence-electron chi connectivity index (χ3n) is 1.60. The summed E-state index contributed by atoms with van der Waals surface area (Å²) in [6, 6.07) is 7.43. The van der Waals surface area contributed by atoms with Crippen LogP contribution in [0.2, 0.25) is 0 Å². The fourth-order valence-electron chi connectivity index (χ4n) is 1.07. The maximum absolute atomic E-state index is 10.8. The average molecular weight is 166 g/mol. The second kappa shape index (κ2) is 3.85. The van der Waals surface area contributed by atoms with E-state index in [2.05, 4.69) is 11.7 Å². The van der Waals surface area contributed by atoms with Crippen LogP contribution in [0.25, 0.3) is 0 Å². The third kappa shape index (κ3) is 1.44. The number of carbonyl (C=O) groups excluding carboxylic acids is 1. The molecule has 0 aromatic heterocycles. The van der Waals surface area contributed by atoms with Crippen molar-refractivity contribution in [3.8, 4) is 0 Å². The van der Waals surface area contributed by atoms with Crippen LogP contribution in [0.15, 0.2) is 24.3 Å². The van der Waals surface area contributed by atoms with E-state index in [1.807, 2.05) is 18.2 Å². The highest BCUT2D eigenvalue weighted by molar-refractivity contribution is 5.93. The third-order valence-corrected chi connectivity index (χ3v) is 1.60. The van der Waals surface area contributed by atoms with E-state index >= 15 is 0 Å². The van der Waals surface area contributed by atoms with Crippen molar-refractivity contribution in [2.75, 3.05) is 0 Å². The summed E-state index contributed by atoms with van der Waals surface area (Å²) in [4.78, 5) is 10.8. The summed E-state index contributed by atoms with van der Waals surface area (Å²) in [5.74, 6) is 7.80. The van der Waals surface area contributed by atoms with Crippen LogP contribution in [-0.4, -0.2) is 5.97 Å². The number of cyclic esters (lactones) is 1. The van der Waals surface area contributed by atoms with Crippen molar-refractivity contribution in [2.45, 2.75) is 6.61 Å². The van der Waals surface area contributed by atoms with Crippen LogP contribution in [0.1, 0.15) is 15.9 Å². The topological polar surface area (TPSA) is 78.3 Å². The molecule has 4 heteroatoms. The van der Waals surface area contributed by atoms with E-state index in [4.69, 9.17) is 4.74 Å². The van der Waals surface area contributed by atoms with Crippen LogP contribution in [-0.2, 0) is 11.3 Å². The van der Waals surface area contributed by atoms with Gasteiger partial charge in [-0.25, -0.2) is 4.79 Å². The minimum Gasteiger partial charge on any atom is -0.457 e. The summed E-state index contributed by atoms with van der Waals surface area (Å²) < 4.78 is 4.78. The summed E-state index contributed by atoms with van der Waals surface area (Å²) in [5.41, 5.74) is 1.70. The van der Waals surface area contributed by atoms with Crippen molar-refractivity contribution in [2.24, 2.45) is 11.7 Å².